The molecule has 0 aromatic carbocycles. The average Bonchev–Trinajstić information content (AvgIpc) is 3.00. The smallest absolute Gasteiger partial charge is 0.272 e. The maximum Gasteiger partial charge on any atom is 0.272 e. The number of amides is 1. The Hall–Kier alpha value is -1.40. The van der Waals surface area contributed by atoms with Crippen LogP contribution in [0.25, 0.3) is 4.83 Å². The van der Waals surface area contributed by atoms with E-state index in [0.29, 0.717) is 18.2 Å². The number of carbonyl (C=O) groups excluding carboxylic acids is 1. The highest BCUT2D eigenvalue weighted by Gasteiger charge is 2.30. The third-order valence-corrected chi connectivity index (χ3v) is 4.77. The number of nitrogens with two attached hydrogens (primary N) is 1. The summed E-state index contributed by atoms with van der Waals surface area (Å²) in [5, 5.41) is 1.91. The fourth-order valence-corrected chi connectivity index (χ4v) is 3.59. The van der Waals surface area contributed by atoms with Crippen molar-refractivity contribution in [3.63, 3.8) is 0 Å². The van der Waals surface area contributed by atoms with Crippen molar-refractivity contribution in [3.05, 3.63) is 23.6 Å². The fraction of sp³-hybridized carbons (Fsp3) is 0.538. The Bertz CT molecular complexity index is 590. The molecule has 6 heteroatoms. The molecule has 2 unspecified atom stereocenters. The molecule has 0 spiro atoms. The molecule has 1 aliphatic rings. The molecule has 5 nitrogen and oxygen atoms in total. The molecule has 2 aromatic heterocycles. The molecule has 0 saturated carbocycles. The lowest BCUT2D eigenvalue weighted by molar-refractivity contribution is 0.0567. The van der Waals surface area contributed by atoms with Gasteiger partial charge in [0.15, 0.2) is 0 Å². The van der Waals surface area contributed by atoms with Crippen molar-refractivity contribution in [1.29, 1.82) is 0 Å². The summed E-state index contributed by atoms with van der Waals surface area (Å²) in [6.45, 7) is 3.56. The van der Waals surface area contributed by atoms with Crippen molar-refractivity contribution >= 4 is 22.1 Å². The molecular weight excluding hydrogens is 260 g/mol. The van der Waals surface area contributed by atoms with E-state index in [1.165, 1.54) is 0 Å². The third-order valence-electron chi connectivity index (χ3n) is 3.89. The lowest BCUT2D eigenvalue weighted by Gasteiger charge is -2.37. The number of nitrogens with zero attached hydrogens (tertiary/aromatic N) is 3. The van der Waals surface area contributed by atoms with Gasteiger partial charge in [0.05, 0.1) is 6.20 Å². The number of thiazole rings is 1. The summed E-state index contributed by atoms with van der Waals surface area (Å²) < 4.78 is 1.86. The number of carbonyl (C=O) groups is 1. The minimum Gasteiger partial charge on any atom is -0.333 e. The number of likely N-dealkylation sites (tertiary alicyclic amines) is 1. The molecule has 2 N–H and O–H groups in total. The molecule has 1 saturated heterocycles. The van der Waals surface area contributed by atoms with Crippen LogP contribution in [0, 0.1) is 5.92 Å². The number of fused-ring (bicyclic) bond motifs is 1. The summed E-state index contributed by atoms with van der Waals surface area (Å²) in [5.41, 5.74) is 6.53. The predicted octanol–water partition coefficient (Wildman–Crippen LogP) is 1.60. The molecule has 1 amide bonds. The maximum absolute atomic E-state index is 12.7. The first-order valence-corrected chi connectivity index (χ1v) is 7.49. The Morgan fingerprint density at radius 3 is 3.26 bits per heavy atom. The highest BCUT2D eigenvalue weighted by molar-refractivity contribution is 7.15. The number of aromatic nitrogens is 2. The number of hydrogen-bond acceptors (Lipinski definition) is 4. The van der Waals surface area contributed by atoms with Crippen molar-refractivity contribution < 1.29 is 4.79 Å². The van der Waals surface area contributed by atoms with E-state index in [1.807, 2.05) is 14.7 Å². The number of hydrogen-bond donors (Lipinski definition) is 1. The average molecular weight is 278 g/mol. The van der Waals surface area contributed by atoms with Gasteiger partial charge in [-0.05, 0) is 18.8 Å². The molecule has 3 heterocycles. The topological polar surface area (TPSA) is 63.6 Å². The Morgan fingerprint density at radius 1 is 1.63 bits per heavy atom. The van der Waals surface area contributed by atoms with E-state index in [2.05, 4.69) is 11.9 Å². The molecular formula is C13H18N4OS. The van der Waals surface area contributed by atoms with Gasteiger partial charge in [-0.1, -0.05) is 6.92 Å². The van der Waals surface area contributed by atoms with Crippen LogP contribution in [0.3, 0.4) is 0 Å². The Morgan fingerprint density at radius 2 is 2.47 bits per heavy atom. The zero-order valence-corrected chi connectivity index (χ0v) is 11.8. The summed E-state index contributed by atoms with van der Waals surface area (Å²) in [6.07, 6.45) is 5.53. The summed E-state index contributed by atoms with van der Waals surface area (Å²) in [7, 11) is 0. The molecule has 1 aliphatic heterocycles. The van der Waals surface area contributed by atoms with Gasteiger partial charge in [-0.15, -0.1) is 11.3 Å². The Labute approximate surface area is 116 Å². The Kier molecular flexibility index (Phi) is 3.28. The monoisotopic (exact) mass is 278 g/mol. The van der Waals surface area contributed by atoms with E-state index < -0.39 is 0 Å². The third kappa shape index (κ3) is 2.15. The second-order valence-electron chi connectivity index (χ2n) is 5.24. The van der Waals surface area contributed by atoms with Crippen molar-refractivity contribution in [2.75, 3.05) is 13.1 Å². The zero-order valence-electron chi connectivity index (χ0n) is 11.0. The van der Waals surface area contributed by atoms with Crippen molar-refractivity contribution in [1.82, 2.24) is 14.3 Å². The molecule has 0 bridgehead atoms. The lowest BCUT2D eigenvalue weighted by Crippen LogP contribution is -2.49. The SMILES string of the molecule is CC1CCN(C(=O)c2csc3cncn23)C(CN)C1. The van der Waals surface area contributed by atoms with Gasteiger partial charge in [-0.25, -0.2) is 4.98 Å². The van der Waals surface area contributed by atoms with Gasteiger partial charge in [0.2, 0.25) is 0 Å². The fourth-order valence-electron chi connectivity index (χ4n) is 2.77. The molecule has 0 aliphatic carbocycles. The number of imidazole rings is 1. The predicted molar refractivity (Wildman–Crippen MR) is 75.3 cm³/mol. The second kappa shape index (κ2) is 4.94. The van der Waals surface area contributed by atoms with Crippen molar-refractivity contribution in [3.8, 4) is 0 Å². The van der Waals surface area contributed by atoms with Crippen LogP contribution in [0.4, 0.5) is 0 Å². The first-order chi connectivity index (χ1) is 9.20. The van der Waals surface area contributed by atoms with Crippen LogP contribution in [0.2, 0.25) is 0 Å². The van der Waals surface area contributed by atoms with Crippen LogP contribution < -0.4 is 5.73 Å². The van der Waals surface area contributed by atoms with E-state index in [1.54, 1.807) is 23.9 Å². The van der Waals surface area contributed by atoms with Gasteiger partial charge >= 0.3 is 0 Å². The summed E-state index contributed by atoms with van der Waals surface area (Å²) in [4.78, 5) is 19.7. The second-order valence-corrected chi connectivity index (χ2v) is 6.13. The van der Waals surface area contributed by atoms with Crippen LogP contribution in [-0.4, -0.2) is 39.3 Å². The van der Waals surface area contributed by atoms with Crippen LogP contribution >= 0.6 is 11.3 Å². The molecule has 19 heavy (non-hydrogen) atoms. The molecule has 2 atom stereocenters. The van der Waals surface area contributed by atoms with Crippen LogP contribution in [0.1, 0.15) is 30.3 Å². The van der Waals surface area contributed by atoms with Crippen LogP contribution in [0.15, 0.2) is 17.9 Å². The standard InChI is InChI=1S/C13H18N4OS/c1-9-2-3-16(10(4-9)5-14)13(18)11-7-19-12-6-15-8-17(11)12/h6-10H,2-5,14H2,1H3. The Balaban J connectivity index is 1.89. The molecule has 2 aromatic rings. The lowest BCUT2D eigenvalue weighted by atomic mass is 9.92. The highest BCUT2D eigenvalue weighted by atomic mass is 32.1. The molecule has 1 fully saturated rings. The minimum absolute atomic E-state index is 0.0756. The first-order valence-electron chi connectivity index (χ1n) is 6.61. The van der Waals surface area contributed by atoms with E-state index in [0.717, 1.165) is 24.2 Å². The first kappa shape index (κ1) is 12.6. The molecule has 0 radical (unpaired) electrons. The highest BCUT2D eigenvalue weighted by Crippen LogP contribution is 2.25. The van der Waals surface area contributed by atoms with Crippen LogP contribution in [-0.2, 0) is 0 Å². The number of rotatable bonds is 2. The normalized spacial score (nSPS) is 24.0. The van der Waals surface area contributed by atoms with Gasteiger partial charge in [-0.2, -0.15) is 0 Å². The van der Waals surface area contributed by atoms with Gasteiger partial charge < -0.3 is 10.6 Å². The van der Waals surface area contributed by atoms with E-state index in [9.17, 15) is 4.79 Å². The van der Waals surface area contributed by atoms with E-state index in [4.69, 9.17) is 5.73 Å². The zero-order chi connectivity index (χ0) is 13.4. The summed E-state index contributed by atoms with van der Waals surface area (Å²) >= 11 is 1.54. The van der Waals surface area contributed by atoms with E-state index >= 15 is 0 Å². The quantitative estimate of drug-likeness (QED) is 0.907. The number of piperidine rings is 1. The molecule has 3 rings (SSSR count). The van der Waals surface area contributed by atoms with Crippen molar-refractivity contribution in [2.24, 2.45) is 11.7 Å². The minimum atomic E-state index is 0.0756. The van der Waals surface area contributed by atoms with Gasteiger partial charge in [0.1, 0.15) is 16.9 Å². The molecule has 102 valence electrons. The van der Waals surface area contributed by atoms with Gasteiger partial charge in [0.25, 0.3) is 5.91 Å². The maximum atomic E-state index is 12.7. The van der Waals surface area contributed by atoms with Gasteiger partial charge in [-0.3, -0.25) is 9.20 Å². The largest absolute Gasteiger partial charge is 0.333 e. The van der Waals surface area contributed by atoms with E-state index in [-0.39, 0.29) is 11.9 Å². The van der Waals surface area contributed by atoms with Crippen molar-refractivity contribution in [2.45, 2.75) is 25.8 Å². The van der Waals surface area contributed by atoms with Gasteiger partial charge in [0, 0.05) is 24.5 Å². The summed E-state index contributed by atoms with van der Waals surface area (Å²) in [6, 6.07) is 0.162. The summed E-state index contributed by atoms with van der Waals surface area (Å²) in [5.74, 6) is 0.722. The van der Waals surface area contributed by atoms with Crippen LogP contribution in [0.5, 0.6) is 0 Å².